The molecule has 0 aliphatic heterocycles. The minimum atomic E-state index is -0.701. The van der Waals surface area contributed by atoms with E-state index in [4.69, 9.17) is 20.8 Å². The van der Waals surface area contributed by atoms with E-state index in [9.17, 15) is 4.79 Å². The van der Waals surface area contributed by atoms with Crippen LogP contribution >= 0.6 is 11.6 Å². The molecule has 0 amide bonds. The molecule has 0 saturated heterocycles. The van der Waals surface area contributed by atoms with Gasteiger partial charge in [0, 0.05) is 10.6 Å². The maximum absolute atomic E-state index is 13.1. The fraction of sp³-hybridized carbons (Fsp3) is 0.125. The molecule has 4 aromatic rings. The Labute approximate surface area is 179 Å². The monoisotopic (exact) mass is 418 g/mol. The van der Waals surface area contributed by atoms with Crippen molar-refractivity contribution in [3.05, 3.63) is 107 Å². The van der Waals surface area contributed by atoms with Gasteiger partial charge in [0.2, 0.25) is 5.89 Å². The Hall–Kier alpha value is -3.44. The Bertz CT molecular complexity index is 1090. The van der Waals surface area contributed by atoms with Gasteiger partial charge in [-0.3, -0.25) is 4.79 Å². The summed E-state index contributed by atoms with van der Waals surface area (Å²) in [7, 11) is 0. The Morgan fingerprint density at radius 2 is 1.53 bits per heavy atom. The SMILES string of the molecule is C[C@H](OC(=O)C(c1ccccc1)c1ccccc1)c1nnc(-c2cccc(Cl)c2)o1. The number of rotatable bonds is 6. The van der Waals surface area contributed by atoms with Crippen LogP contribution in [0, 0.1) is 0 Å². The molecule has 30 heavy (non-hydrogen) atoms. The third kappa shape index (κ3) is 4.42. The topological polar surface area (TPSA) is 65.2 Å². The molecule has 0 bridgehead atoms. The van der Waals surface area contributed by atoms with Gasteiger partial charge >= 0.3 is 5.97 Å². The van der Waals surface area contributed by atoms with E-state index < -0.39 is 12.0 Å². The number of aromatic nitrogens is 2. The number of nitrogens with zero attached hydrogens (tertiary/aromatic N) is 2. The van der Waals surface area contributed by atoms with Crippen molar-refractivity contribution in [1.29, 1.82) is 0 Å². The predicted octanol–water partition coefficient (Wildman–Crippen LogP) is 5.83. The molecular formula is C24H19ClN2O3. The second kappa shape index (κ2) is 8.93. The Morgan fingerprint density at radius 1 is 0.900 bits per heavy atom. The van der Waals surface area contributed by atoms with Crippen LogP contribution in [0.4, 0.5) is 0 Å². The zero-order chi connectivity index (χ0) is 20.9. The maximum atomic E-state index is 13.1. The zero-order valence-corrected chi connectivity index (χ0v) is 17.0. The van der Waals surface area contributed by atoms with Crippen molar-refractivity contribution < 1.29 is 13.9 Å². The molecular weight excluding hydrogens is 400 g/mol. The van der Waals surface area contributed by atoms with Gasteiger partial charge in [-0.25, -0.2) is 0 Å². The van der Waals surface area contributed by atoms with Crippen molar-refractivity contribution in [2.24, 2.45) is 0 Å². The first kappa shape index (κ1) is 19.9. The van der Waals surface area contributed by atoms with Gasteiger partial charge in [-0.05, 0) is 36.2 Å². The van der Waals surface area contributed by atoms with Crippen molar-refractivity contribution >= 4 is 17.6 Å². The first-order valence-corrected chi connectivity index (χ1v) is 9.89. The van der Waals surface area contributed by atoms with Gasteiger partial charge in [-0.15, -0.1) is 10.2 Å². The molecule has 0 saturated carbocycles. The summed E-state index contributed by atoms with van der Waals surface area (Å²) < 4.78 is 11.4. The van der Waals surface area contributed by atoms with Crippen molar-refractivity contribution in [2.75, 3.05) is 0 Å². The van der Waals surface area contributed by atoms with E-state index in [1.165, 1.54) is 0 Å². The lowest BCUT2D eigenvalue weighted by Crippen LogP contribution is -2.19. The van der Waals surface area contributed by atoms with Crippen LogP contribution in [-0.4, -0.2) is 16.2 Å². The molecule has 0 aliphatic rings. The van der Waals surface area contributed by atoms with E-state index in [2.05, 4.69) is 10.2 Å². The van der Waals surface area contributed by atoms with Crippen LogP contribution in [0.1, 0.15) is 36.0 Å². The Morgan fingerprint density at radius 3 is 2.13 bits per heavy atom. The van der Waals surface area contributed by atoms with Crippen LogP contribution in [0.15, 0.2) is 89.3 Å². The molecule has 0 spiro atoms. The number of carbonyl (C=O) groups excluding carboxylic acids is 1. The molecule has 0 N–H and O–H groups in total. The largest absolute Gasteiger partial charge is 0.452 e. The summed E-state index contributed by atoms with van der Waals surface area (Å²) in [6.07, 6.45) is -0.701. The van der Waals surface area contributed by atoms with Gasteiger partial charge in [0.25, 0.3) is 5.89 Å². The highest BCUT2D eigenvalue weighted by atomic mass is 35.5. The average molecular weight is 419 g/mol. The van der Waals surface area contributed by atoms with Crippen LogP contribution in [0.3, 0.4) is 0 Å². The molecule has 150 valence electrons. The smallest absolute Gasteiger partial charge is 0.318 e. The lowest BCUT2D eigenvalue weighted by Gasteiger charge is -2.19. The van der Waals surface area contributed by atoms with Crippen LogP contribution in [0.5, 0.6) is 0 Å². The number of esters is 1. The number of carbonyl (C=O) groups is 1. The van der Waals surface area contributed by atoms with Gasteiger partial charge in [0.15, 0.2) is 6.10 Å². The quantitative estimate of drug-likeness (QED) is 0.369. The number of benzene rings is 3. The maximum Gasteiger partial charge on any atom is 0.318 e. The molecule has 1 heterocycles. The highest BCUT2D eigenvalue weighted by Crippen LogP contribution is 2.29. The number of halogens is 1. The van der Waals surface area contributed by atoms with Crippen molar-refractivity contribution in [2.45, 2.75) is 18.9 Å². The van der Waals surface area contributed by atoms with E-state index in [-0.39, 0.29) is 11.9 Å². The molecule has 0 aliphatic carbocycles. The Balaban J connectivity index is 1.56. The molecule has 0 fully saturated rings. The first-order valence-electron chi connectivity index (χ1n) is 9.51. The van der Waals surface area contributed by atoms with Crippen molar-refractivity contribution in [3.63, 3.8) is 0 Å². The van der Waals surface area contributed by atoms with Crippen LogP contribution in [-0.2, 0) is 9.53 Å². The van der Waals surface area contributed by atoms with Gasteiger partial charge < -0.3 is 9.15 Å². The van der Waals surface area contributed by atoms with E-state index >= 15 is 0 Å². The highest BCUT2D eigenvalue weighted by Gasteiger charge is 2.28. The summed E-state index contributed by atoms with van der Waals surface area (Å²) in [5.41, 5.74) is 2.41. The summed E-state index contributed by atoms with van der Waals surface area (Å²) in [5, 5.41) is 8.66. The average Bonchev–Trinajstić information content (AvgIpc) is 3.26. The molecule has 6 heteroatoms. The molecule has 5 nitrogen and oxygen atoms in total. The minimum Gasteiger partial charge on any atom is -0.452 e. The number of hydrogen-bond donors (Lipinski definition) is 0. The van der Waals surface area contributed by atoms with Crippen molar-refractivity contribution in [3.8, 4) is 11.5 Å². The van der Waals surface area contributed by atoms with Gasteiger partial charge in [0.1, 0.15) is 5.92 Å². The summed E-state index contributed by atoms with van der Waals surface area (Å²) in [6, 6.07) is 26.2. The fourth-order valence-corrected chi connectivity index (χ4v) is 3.38. The normalized spacial score (nSPS) is 12.0. The van der Waals surface area contributed by atoms with Crippen LogP contribution in [0.2, 0.25) is 5.02 Å². The van der Waals surface area contributed by atoms with Crippen LogP contribution in [0.25, 0.3) is 11.5 Å². The summed E-state index contributed by atoms with van der Waals surface area (Å²) in [6.45, 7) is 1.71. The summed E-state index contributed by atoms with van der Waals surface area (Å²) in [5.74, 6) is -0.399. The van der Waals surface area contributed by atoms with E-state index in [0.717, 1.165) is 11.1 Å². The molecule has 3 aromatic carbocycles. The number of ether oxygens (including phenoxy) is 1. The second-order valence-electron chi connectivity index (χ2n) is 6.79. The lowest BCUT2D eigenvalue weighted by atomic mass is 9.91. The van der Waals surface area contributed by atoms with Gasteiger partial charge in [0.05, 0.1) is 0 Å². The molecule has 1 atom stereocenters. The molecule has 1 aromatic heterocycles. The van der Waals surface area contributed by atoms with E-state index in [1.807, 2.05) is 66.7 Å². The minimum absolute atomic E-state index is 0.221. The van der Waals surface area contributed by atoms with Crippen molar-refractivity contribution in [1.82, 2.24) is 10.2 Å². The first-order chi connectivity index (χ1) is 14.6. The van der Waals surface area contributed by atoms with Gasteiger partial charge in [-0.2, -0.15) is 0 Å². The highest BCUT2D eigenvalue weighted by molar-refractivity contribution is 6.30. The third-order valence-electron chi connectivity index (χ3n) is 4.65. The standard InChI is InChI=1S/C24H19ClN2O3/c1-16(22-26-27-23(30-22)19-13-8-14-20(25)15-19)29-24(28)21(17-9-4-2-5-10-17)18-11-6-3-7-12-18/h2-16,21H,1H3/t16-/m0/s1. The number of hydrogen-bond acceptors (Lipinski definition) is 5. The predicted molar refractivity (Wildman–Crippen MR) is 114 cm³/mol. The third-order valence-corrected chi connectivity index (χ3v) is 4.89. The molecule has 4 rings (SSSR count). The summed E-state index contributed by atoms with van der Waals surface area (Å²) in [4.78, 5) is 13.1. The van der Waals surface area contributed by atoms with E-state index in [1.54, 1.807) is 25.1 Å². The molecule has 0 radical (unpaired) electrons. The zero-order valence-electron chi connectivity index (χ0n) is 16.2. The summed E-state index contributed by atoms with van der Waals surface area (Å²) >= 11 is 6.03. The Kier molecular flexibility index (Phi) is 5.91. The van der Waals surface area contributed by atoms with E-state index in [0.29, 0.717) is 16.5 Å². The lowest BCUT2D eigenvalue weighted by molar-refractivity contribution is -0.150. The second-order valence-corrected chi connectivity index (χ2v) is 7.23. The van der Waals surface area contributed by atoms with Gasteiger partial charge in [-0.1, -0.05) is 78.3 Å². The van der Waals surface area contributed by atoms with Crippen LogP contribution < -0.4 is 0 Å². The molecule has 0 unspecified atom stereocenters. The fourth-order valence-electron chi connectivity index (χ4n) is 3.19.